The largest absolute Gasteiger partial charge is 0.396 e. The van der Waals surface area contributed by atoms with Crippen molar-refractivity contribution in [2.24, 2.45) is 11.1 Å². The molecule has 0 aliphatic carbocycles. The fraction of sp³-hybridized carbons (Fsp3) is 0.944. The molecular formula is C18H37NO3. The number of hydrogen-bond donors (Lipinski definition) is 3. The first-order valence-corrected chi connectivity index (χ1v) is 9.10. The van der Waals surface area contributed by atoms with Gasteiger partial charge in [0.2, 0.25) is 5.91 Å². The van der Waals surface area contributed by atoms with E-state index in [4.69, 9.17) is 5.73 Å². The highest BCUT2D eigenvalue weighted by molar-refractivity contribution is 5.73. The van der Waals surface area contributed by atoms with E-state index in [9.17, 15) is 15.0 Å². The summed E-state index contributed by atoms with van der Waals surface area (Å²) >= 11 is 0. The third kappa shape index (κ3) is 11.0. The van der Waals surface area contributed by atoms with Crippen LogP contribution in [-0.4, -0.2) is 29.3 Å². The summed E-state index contributed by atoms with van der Waals surface area (Å²) in [7, 11) is 0. The van der Waals surface area contributed by atoms with Crippen LogP contribution in [0.2, 0.25) is 0 Å². The van der Waals surface area contributed by atoms with Crippen LogP contribution in [0.1, 0.15) is 90.4 Å². The van der Waals surface area contributed by atoms with Crippen LogP contribution in [0.4, 0.5) is 0 Å². The van der Waals surface area contributed by atoms with Gasteiger partial charge in [0.05, 0.1) is 0 Å². The summed E-state index contributed by atoms with van der Waals surface area (Å²) in [5.74, 6) is -0.266. The molecule has 0 radical (unpaired) electrons. The van der Waals surface area contributed by atoms with Gasteiger partial charge in [-0.1, -0.05) is 51.9 Å². The van der Waals surface area contributed by atoms with E-state index in [0.717, 1.165) is 25.7 Å². The summed E-state index contributed by atoms with van der Waals surface area (Å²) in [6, 6.07) is 0. The molecule has 0 spiro atoms. The highest BCUT2D eigenvalue weighted by atomic mass is 16.3. The van der Waals surface area contributed by atoms with Crippen molar-refractivity contribution in [3.05, 3.63) is 0 Å². The van der Waals surface area contributed by atoms with Gasteiger partial charge < -0.3 is 15.9 Å². The van der Waals surface area contributed by atoms with Crippen LogP contribution < -0.4 is 5.73 Å². The maximum absolute atomic E-state index is 10.9. The van der Waals surface area contributed by atoms with E-state index >= 15 is 0 Å². The fourth-order valence-corrected chi connectivity index (χ4v) is 3.32. The molecular weight excluding hydrogens is 278 g/mol. The van der Waals surface area contributed by atoms with Crippen molar-refractivity contribution in [1.29, 1.82) is 0 Å². The molecule has 0 rings (SSSR count). The molecule has 1 amide bonds. The third-order valence-electron chi connectivity index (χ3n) is 4.73. The Morgan fingerprint density at radius 1 is 0.818 bits per heavy atom. The van der Waals surface area contributed by atoms with E-state index in [-0.39, 0.29) is 24.5 Å². The number of carbonyl (C=O) groups excluding carboxylic acids is 1. The van der Waals surface area contributed by atoms with E-state index in [1.807, 2.05) is 0 Å². The standard InChI is InChI=1S/C18H37NO3/c1-2-3-4-5-6-7-8-11-18(13-15-20,14-16-21)12-9-10-17(19)22/h20-21H,2-16H2,1H3,(H2,19,22). The predicted molar refractivity (Wildman–Crippen MR) is 91.5 cm³/mol. The lowest BCUT2D eigenvalue weighted by Gasteiger charge is -2.33. The number of aliphatic hydroxyl groups is 2. The maximum atomic E-state index is 10.9. The van der Waals surface area contributed by atoms with Crippen molar-refractivity contribution in [2.75, 3.05) is 13.2 Å². The SMILES string of the molecule is CCCCCCCCCC(CCO)(CCO)CCCC(N)=O. The lowest BCUT2D eigenvalue weighted by Crippen LogP contribution is -2.25. The van der Waals surface area contributed by atoms with E-state index in [0.29, 0.717) is 19.3 Å². The Bertz CT molecular complexity index is 263. The first kappa shape index (κ1) is 21.4. The van der Waals surface area contributed by atoms with Gasteiger partial charge in [-0.25, -0.2) is 0 Å². The second-order valence-electron chi connectivity index (χ2n) is 6.64. The molecule has 0 aliphatic rings. The zero-order valence-corrected chi connectivity index (χ0v) is 14.5. The third-order valence-corrected chi connectivity index (χ3v) is 4.73. The van der Waals surface area contributed by atoms with E-state index in [1.165, 1.54) is 38.5 Å². The van der Waals surface area contributed by atoms with Gasteiger partial charge in [-0.05, 0) is 37.5 Å². The highest BCUT2D eigenvalue weighted by Crippen LogP contribution is 2.38. The number of primary amides is 1. The molecule has 0 fully saturated rings. The minimum Gasteiger partial charge on any atom is -0.396 e. The Morgan fingerprint density at radius 3 is 1.82 bits per heavy atom. The molecule has 0 bridgehead atoms. The van der Waals surface area contributed by atoms with Crippen LogP contribution in [0.15, 0.2) is 0 Å². The van der Waals surface area contributed by atoms with Gasteiger partial charge in [0.25, 0.3) is 0 Å². The van der Waals surface area contributed by atoms with Gasteiger partial charge in [0, 0.05) is 19.6 Å². The smallest absolute Gasteiger partial charge is 0.217 e. The maximum Gasteiger partial charge on any atom is 0.217 e. The van der Waals surface area contributed by atoms with Crippen molar-refractivity contribution in [2.45, 2.75) is 90.4 Å². The molecule has 22 heavy (non-hydrogen) atoms. The summed E-state index contributed by atoms with van der Waals surface area (Å²) in [6.45, 7) is 2.52. The number of nitrogens with two attached hydrogens (primary N) is 1. The van der Waals surface area contributed by atoms with Gasteiger partial charge in [-0.15, -0.1) is 0 Å². The summed E-state index contributed by atoms with van der Waals surface area (Å²) in [5.41, 5.74) is 5.19. The van der Waals surface area contributed by atoms with Crippen LogP contribution in [-0.2, 0) is 4.79 Å². The van der Waals surface area contributed by atoms with Crippen LogP contribution in [0.25, 0.3) is 0 Å². The number of aliphatic hydroxyl groups excluding tert-OH is 2. The Labute approximate surface area is 136 Å². The molecule has 0 aliphatic heterocycles. The average molecular weight is 315 g/mol. The van der Waals surface area contributed by atoms with Crippen molar-refractivity contribution >= 4 is 5.91 Å². The molecule has 0 saturated carbocycles. The zero-order valence-electron chi connectivity index (χ0n) is 14.5. The van der Waals surface area contributed by atoms with Crippen LogP contribution in [0.3, 0.4) is 0 Å². The van der Waals surface area contributed by atoms with Crippen molar-refractivity contribution in [1.82, 2.24) is 0 Å². The average Bonchev–Trinajstić information content (AvgIpc) is 2.46. The molecule has 0 unspecified atom stereocenters. The number of amides is 1. The minimum atomic E-state index is -0.266. The molecule has 0 aromatic rings. The zero-order chi connectivity index (χ0) is 16.7. The molecule has 0 atom stereocenters. The summed E-state index contributed by atoms with van der Waals surface area (Å²) in [6.07, 6.45) is 13.3. The quantitative estimate of drug-likeness (QED) is 0.381. The lowest BCUT2D eigenvalue weighted by molar-refractivity contribution is -0.118. The Kier molecular flexibility index (Phi) is 13.6. The van der Waals surface area contributed by atoms with Gasteiger partial charge in [0.15, 0.2) is 0 Å². The number of rotatable bonds is 16. The van der Waals surface area contributed by atoms with E-state index in [2.05, 4.69) is 6.92 Å². The van der Waals surface area contributed by atoms with Crippen LogP contribution in [0.5, 0.6) is 0 Å². The first-order chi connectivity index (χ1) is 10.6. The number of carbonyl (C=O) groups is 1. The van der Waals surface area contributed by atoms with Gasteiger partial charge in [-0.3, -0.25) is 4.79 Å². The van der Waals surface area contributed by atoms with E-state index < -0.39 is 0 Å². The normalized spacial score (nSPS) is 11.8. The van der Waals surface area contributed by atoms with Crippen LogP contribution >= 0.6 is 0 Å². The van der Waals surface area contributed by atoms with Crippen molar-refractivity contribution in [3.8, 4) is 0 Å². The van der Waals surface area contributed by atoms with Crippen molar-refractivity contribution < 1.29 is 15.0 Å². The van der Waals surface area contributed by atoms with Gasteiger partial charge in [-0.2, -0.15) is 0 Å². The minimum absolute atomic E-state index is 0.0254. The number of hydrogen-bond acceptors (Lipinski definition) is 3. The molecule has 4 heteroatoms. The van der Waals surface area contributed by atoms with Crippen molar-refractivity contribution in [3.63, 3.8) is 0 Å². The molecule has 0 aromatic heterocycles. The molecule has 0 saturated heterocycles. The molecule has 132 valence electrons. The molecule has 0 heterocycles. The topological polar surface area (TPSA) is 83.6 Å². The Hall–Kier alpha value is -0.610. The second kappa shape index (κ2) is 14.0. The fourth-order valence-electron chi connectivity index (χ4n) is 3.32. The van der Waals surface area contributed by atoms with E-state index in [1.54, 1.807) is 0 Å². The second-order valence-corrected chi connectivity index (χ2v) is 6.64. The lowest BCUT2D eigenvalue weighted by atomic mass is 9.73. The summed E-state index contributed by atoms with van der Waals surface area (Å²) in [5, 5.41) is 18.7. The summed E-state index contributed by atoms with van der Waals surface area (Å²) in [4.78, 5) is 10.9. The van der Waals surface area contributed by atoms with Gasteiger partial charge >= 0.3 is 0 Å². The first-order valence-electron chi connectivity index (χ1n) is 9.10. The number of unbranched alkanes of at least 4 members (excludes halogenated alkanes) is 6. The Morgan fingerprint density at radius 2 is 1.32 bits per heavy atom. The molecule has 0 aromatic carbocycles. The molecule has 4 nitrogen and oxygen atoms in total. The Balaban J connectivity index is 4.16. The predicted octanol–water partition coefficient (Wildman–Crippen LogP) is 3.53. The summed E-state index contributed by atoms with van der Waals surface area (Å²) < 4.78 is 0. The monoisotopic (exact) mass is 315 g/mol. The van der Waals surface area contributed by atoms with Gasteiger partial charge in [0.1, 0.15) is 0 Å². The van der Waals surface area contributed by atoms with Crippen LogP contribution in [0, 0.1) is 5.41 Å². The highest BCUT2D eigenvalue weighted by Gasteiger charge is 2.28. The molecule has 4 N–H and O–H groups in total.